The van der Waals surface area contributed by atoms with Gasteiger partial charge in [-0.2, -0.15) is 0 Å². The van der Waals surface area contributed by atoms with Gasteiger partial charge >= 0.3 is 5.97 Å². The van der Waals surface area contributed by atoms with Crippen LogP contribution in [-0.4, -0.2) is 28.0 Å². The molecule has 0 amide bonds. The van der Waals surface area contributed by atoms with E-state index >= 15 is 0 Å². The van der Waals surface area contributed by atoms with Crippen molar-refractivity contribution in [2.45, 2.75) is 26.3 Å². The number of methoxy groups -OCH3 is 1. The summed E-state index contributed by atoms with van der Waals surface area (Å²) in [6.45, 7) is 3.16. The van der Waals surface area contributed by atoms with Crippen molar-refractivity contribution in [3.8, 4) is 0 Å². The molecule has 0 fully saturated rings. The minimum absolute atomic E-state index is 0.0184. The van der Waals surface area contributed by atoms with E-state index in [1.165, 1.54) is 18.2 Å². The topological polar surface area (TPSA) is 97.0 Å². The Labute approximate surface area is 163 Å². The van der Waals surface area contributed by atoms with Crippen molar-refractivity contribution < 1.29 is 22.7 Å². The predicted octanol–water partition coefficient (Wildman–Crippen LogP) is 3.66. The van der Waals surface area contributed by atoms with Gasteiger partial charge < -0.3 is 15.0 Å². The molecule has 29 heavy (non-hydrogen) atoms. The number of hydrogen-bond donors (Lipinski definition) is 2. The van der Waals surface area contributed by atoms with Gasteiger partial charge in [0.1, 0.15) is 28.7 Å². The first kappa shape index (κ1) is 20.3. The van der Waals surface area contributed by atoms with Crippen LogP contribution in [0.3, 0.4) is 0 Å². The molecule has 7 nitrogen and oxygen atoms in total. The molecule has 2 heterocycles. The van der Waals surface area contributed by atoms with E-state index in [9.17, 15) is 22.8 Å². The number of carbonyl (C=O) groups excluding carboxylic acids is 1. The molecule has 0 radical (unpaired) electrons. The Morgan fingerprint density at radius 3 is 2.59 bits per heavy atom. The number of rotatable bonds is 5. The summed E-state index contributed by atoms with van der Waals surface area (Å²) in [7, 11) is 1.14. The zero-order chi connectivity index (χ0) is 21.3. The van der Waals surface area contributed by atoms with E-state index in [1.54, 1.807) is 13.8 Å². The lowest BCUT2D eigenvalue weighted by molar-refractivity contribution is 0.0599. The fourth-order valence-corrected chi connectivity index (χ4v) is 2.92. The summed E-state index contributed by atoms with van der Waals surface area (Å²) in [5.74, 6) is -1.36. The maximum Gasteiger partial charge on any atom is 0.343 e. The maximum absolute atomic E-state index is 14.5. The molecule has 2 N–H and O–H groups in total. The summed E-state index contributed by atoms with van der Waals surface area (Å²) in [5.41, 5.74) is -1.46. The molecule has 1 atom stereocenters. The van der Waals surface area contributed by atoms with Crippen molar-refractivity contribution in [1.29, 1.82) is 0 Å². The molecule has 10 heteroatoms. The minimum atomic E-state index is -2.95. The first-order valence-corrected chi connectivity index (χ1v) is 8.56. The number of esters is 1. The lowest BCUT2D eigenvalue weighted by Gasteiger charge is -2.18. The number of aryl methyl sites for hydroxylation is 1. The highest BCUT2D eigenvalue weighted by Gasteiger charge is 2.21. The number of aromatic amines is 1. The molecule has 3 rings (SSSR count). The van der Waals surface area contributed by atoms with Crippen molar-refractivity contribution in [3.05, 3.63) is 63.0 Å². The number of hydrogen-bond acceptors (Lipinski definition) is 6. The highest BCUT2D eigenvalue weighted by Crippen LogP contribution is 2.30. The number of halogens is 3. The Balaban J connectivity index is 2.09. The molecule has 0 spiro atoms. The fourth-order valence-electron chi connectivity index (χ4n) is 2.92. The predicted molar refractivity (Wildman–Crippen MR) is 99.6 cm³/mol. The zero-order valence-corrected chi connectivity index (χ0v) is 15.7. The number of ether oxygens (including phenoxy) is 1. The highest BCUT2D eigenvalue weighted by molar-refractivity contribution is 5.96. The number of aromatic nitrogens is 3. The number of fused-ring (bicyclic) bond motifs is 1. The van der Waals surface area contributed by atoms with E-state index in [0.717, 1.165) is 13.2 Å². The first-order valence-electron chi connectivity index (χ1n) is 8.56. The van der Waals surface area contributed by atoms with Crippen LogP contribution in [0, 0.1) is 12.7 Å². The lowest BCUT2D eigenvalue weighted by atomic mass is 10.0. The molecule has 0 unspecified atom stereocenters. The van der Waals surface area contributed by atoms with Crippen LogP contribution in [-0.2, 0) is 4.74 Å². The number of pyridine rings is 1. The van der Waals surface area contributed by atoms with Crippen LogP contribution in [0.2, 0.25) is 0 Å². The quantitative estimate of drug-likeness (QED) is 0.628. The van der Waals surface area contributed by atoms with Gasteiger partial charge in [-0.3, -0.25) is 4.79 Å². The molecule has 0 saturated heterocycles. The van der Waals surface area contributed by atoms with E-state index in [4.69, 9.17) is 0 Å². The number of alkyl halides is 2. The Kier molecular flexibility index (Phi) is 5.53. The average Bonchev–Trinajstić information content (AvgIpc) is 2.66. The fraction of sp³-hybridized carbons (Fsp3) is 0.263. The van der Waals surface area contributed by atoms with Crippen LogP contribution in [0.1, 0.15) is 46.7 Å². The molecule has 152 valence electrons. The molecule has 2 aromatic heterocycles. The highest BCUT2D eigenvalue weighted by atomic mass is 19.3. The van der Waals surface area contributed by atoms with Crippen molar-refractivity contribution in [2.75, 3.05) is 12.4 Å². The van der Waals surface area contributed by atoms with E-state index in [-0.39, 0.29) is 28.0 Å². The smallest absolute Gasteiger partial charge is 0.343 e. The Hall–Kier alpha value is -3.43. The van der Waals surface area contributed by atoms with Crippen LogP contribution < -0.4 is 10.9 Å². The molecular weight excluding hydrogens is 389 g/mol. The molecule has 0 aliphatic carbocycles. The normalized spacial score (nSPS) is 12.2. The second kappa shape index (κ2) is 7.90. The number of H-pyrrole nitrogens is 1. The van der Waals surface area contributed by atoms with Crippen molar-refractivity contribution in [1.82, 2.24) is 15.0 Å². The monoisotopic (exact) mass is 406 g/mol. The molecule has 0 aliphatic rings. The van der Waals surface area contributed by atoms with E-state index in [1.807, 2.05) is 0 Å². The maximum atomic E-state index is 14.5. The second-order valence-corrected chi connectivity index (χ2v) is 6.30. The van der Waals surface area contributed by atoms with Crippen molar-refractivity contribution in [2.24, 2.45) is 0 Å². The van der Waals surface area contributed by atoms with Crippen LogP contribution in [0.5, 0.6) is 0 Å². The average molecular weight is 406 g/mol. The third-order valence-corrected chi connectivity index (χ3v) is 4.34. The summed E-state index contributed by atoms with van der Waals surface area (Å²) in [6.07, 6.45) is -2.95. The van der Waals surface area contributed by atoms with Crippen LogP contribution in [0.25, 0.3) is 11.0 Å². The van der Waals surface area contributed by atoms with Gasteiger partial charge in [0.2, 0.25) is 0 Å². The molecular formula is C19H17F3N4O3. The van der Waals surface area contributed by atoms with E-state index in [2.05, 4.69) is 25.0 Å². The SMILES string of the molecule is COC(=O)c1cc2c(N[C@H](C)c3cccc(C(F)F)c3F)nc(C)nc2[nH]c1=O. The molecule has 1 aromatic carbocycles. The van der Waals surface area contributed by atoms with Gasteiger partial charge in [-0.05, 0) is 19.9 Å². The number of nitrogens with zero attached hydrogens (tertiary/aromatic N) is 2. The Morgan fingerprint density at radius 2 is 1.93 bits per heavy atom. The minimum Gasteiger partial charge on any atom is -0.465 e. The summed E-state index contributed by atoms with van der Waals surface area (Å²) in [6, 6.07) is 4.26. The number of nitrogens with one attached hydrogen (secondary N) is 2. The zero-order valence-electron chi connectivity index (χ0n) is 15.7. The van der Waals surface area contributed by atoms with Crippen LogP contribution >= 0.6 is 0 Å². The first-order chi connectivity index (χ1) is 13.7. The van der Waals surface area contributed by atoms with E-state index in [0.29, 0.717) is 5.82 Å². The molecule has 0 saturated carbocycles. The van der Waals surface area contributed by atoms with Crippen LogP contribution in [0.4, 0.5) is 19.0 Å². The van der Waals surface area contributed by atoms with Gasteiger partial charge in [0, 0.05) is 5.56 Å². The molecule has 3 aromatic rings. The number of benzene rings is 1. The third-order valence-electron chi connectivity index (χ3n) is 4.34. The number of carbonyl (C=O) groups is 1. The van der Waals surface area contributed by atoms with Crippen LogP contribution in [0.15, 0.2) is 29.1 Å². The summed E-state index contributed by atoms with van der Waals surface area (Å²) >= 11 is 0. The summed E-state index contributed by atoms with van der Waals surface area (Å²) in [5, 5.41) is 3.23. The largest absolute Gasteiger partial charge is 0.465 e. The molecule has 0 aliphatic heterocycles. The van der Waals surface area contributed by atoms with Gasteiger partial charge in [0.05, 0.1) is 24.1 Å². The number of anilines is 1. The van der Waals surface area contributed by atoms with E-state index < -0.39 is 35.4 Å². The Morgan fingerprint density at radius 1 is 1.24 bits per heavy atom. The Bertz CT molecular complexity index is 1150. The van der Waals surface area contributed by atoms with Crippen molar-refractivity contribution in [3.63, 3.8) is 0 Å². The lowest BCUT2D eigenvalue weighted by Crippen LogP contribution is -2.20. The summed E-state index contributed by atoms with van der Waals surface area (Å²) in [4.78, 5) is 34.8. The van der Waals surface area contributed by atoms with Gasteiger partial charge in [-0.25, -0.2) is 27.9 Å². The second-order valence-electron chi connectivity index (χ2n) is 6.30. The van der Waals surface area contributed by atoms with Gasteiger partial charge in [0.15, 0.2) is 0 Å². The van der Waals surface area contributed by atoms with Gasteiger partial charge in [0.25, 0.3) is 12.0 Å². The summed E-state index contributed by atoms with van der Waals surface area (Å²) < 4.78 is 45.1. The molecule has 0 bridgehead atoms. The van der Waals surface area contributed by atoms with Gasteiger partial charge in [-0.15, -0.1) is 0 Å². The third kappa shape index (κ3) is 3.91. The van der Waals surface area contributed by atoms with Crippen molar-refractivity contribution >= 4 is 22.8 Å². The van der Waals surface area contributed by atoms with Gasteiger partial charge in [-0.1, -0.05) is 18.2 Å². The standard InChI is InChI=1S/C19H17F3N4O3/c1-8(10-5-4-6-11(14(10)20)15(21)22)23-16-12-7-13(19(28)29-3)18(27)26-17(12)25-9(2)24-16/h4-8,15H,1-3H3,(H2,23,24,25,26,27)/t8-/m1/s1.